The third kappa shape index (κ3) is 3.59. The molecule has 0 spiro atoms. The molecule has 8 nitrogen and oxygen atoms in total. The lowest BCUT2D eigenvalue weighted by atomic mass is 9.66. The molecule has 0 bridgehead atoms. The smallest absolute Gasteiger partial charge is 0.350 e. The predicted molar refractivity (Wildman–Crippen MR) is 96.2 cm³/mol. The molecule has 2 aromatic heterocycles. The highest BCUT2D eigenvalue weighted by Gasteiger charge is 2.41. The highest BCUT2D eigenvalue weighted by molar-refractivity contribution is 5.89. The maximum Gasteiger partial charge on any atom is 0.350 e. The van der Waals surface area contributed by atoms with Crippen molar-refractivity contribution in [3.05, 3.63) is 54.5 Å². The third-order valence-electron chi connectivity index (χ3n) is 4.81. The Hall–Kier alpha value is -3.07. The van der Waals surface area contributed by atoms with Gasteiger partial charge in [0.05, 0.1) is 30.4 Å². The summed E-state index contributed by atoms with van der Waals surface area (Å²) < 4.78 is 14.2. The van der Waals surface area contributed by atoms with E-state index >= 15 is 0 Å². The summed E-state index contributed by atoms with van der Waals surface area (Å²) in [6.07, 6.45) is 10.7. The van der Waals surface area contributed by atoms with Crippen molar-refractivity contribution < 1.29 is 14.0 Å². The average molecular weight is 370 g/mol. The molecule has 2 aliphatic rings. The molecule has 0 saturated heterocycles. The Bertz CT molecular complexity index is 853. The number of amides is 2. The number of anilines is 2. The number of aromatic nitrogens is 3. The number of pyridine rings is 1. The van der Waals surface area contributed by atoms with E-state index in [0.29, 0.717) is 30.5 Å². The van der Waals surface area contributed by atoms with Gasteiger partial charge in [-0.3, -0.25) is 9.82 Å². The van der Waals surface area contributed by atoms with Crippen LogP contribution in [-0.4, -0.2) is 39.2 Å². The van der Waals surface area contributed by atoms with Crippen LogP contribution in [0.4, 0.5) is 20.8 Å². The van der Waals surface area contributed by atoms with Crippen molar-refractivity contribution in [3.63, 3.8) is 0 Å². The fourth-order valence-electron chi connectivity index (χ4n) is 3.22. The summed E-state index contributed by atoms with van der Waals surface area (Å²) in [6, 6.07) is 2.61. The van der Waals surface area contributed by atoms with Gasteiger partial charge < -0.3 is 10.6 Å². The second-order valence-corrected chi connectivity index (χ2v) is 6.55. The van der Waals surface area contributed by atoms with Crippen LogP contribution in [-0.2, 0) is 10.3 Å². The summed E-state index contributed by atoms with van der Waals surface area (Å²) in [4.78, 5) is 29.7. The molecule has 2 N–H and O–H groups in total. The van der Waals surface area contributed by atoms with E-state index in [-0.39, 0.29) is 11.2 Å². The zero-order valence-corrected chi connectivity index (χ0v) is 14.6. The molecule has 2 aromatic rings. The monoisotopic (exact) mass is 370 g/mol. The van der Waals surface area contributed by atoms with Crippen molar-refractivity contribution in [1.29, 1.82) is 0 Å². The minimum atomic E-state index is -0.424. The number of hydrogen-bond acceptors (Lipinski definition) is 6. The van der Waals surface area contributed by atoms with Gasteiger partial charge in [0.25, 0.3) is 0 Å². The number of halogens is 1. The first-order chi connectivity index (χ1) is 13.2. The quantitative estimate of drug-likeness (QED) is 0.841. The molecule has 1 aliphatic carbocycles. The van der Waals surface area contributed by atoms with Gasteiger partial charge in [-0.05, 0) is 31.1 Å². The molecular weight excluding hydrogens is 351 g/mol. The minimum absolute atomic E-state index is 0.281. The van der Waals surface area contributed by atoms with E-state index in [4.69, 9.17) is 4.84 Å². The number of urea groups is 1. The van der Waals surface area contributed by atoms with Gasteiger partial charge in [-0.25, -0.2) is 19.2 Å². The summed E-state index contributed by atoms with van der Waals surface area (Å²) in [5.41, 5.74) is 0.607. The highest BCUT2D eigenvalue weighted by atomic mass is 19.1. The van der Waals surface area contributed by atoms with Gasteiger partial charge in [-0.15, -0.1) is 0 Å². The van der Waals surface area contributed by atoms with Crippen molar-refractivity contribution in [2.75, 3.05) is 23.8 Å². The normalized spacial score (nSPS) is 17.4. The molecule has 9 heteroatoms. The minimum Gasteiger partial charge on any atom is -0.353 e. The van der Waals surface area contributed by atoms with E-state index in [1.165, 1.54) is 18.5 Å². The average Bonchev–Trinajstić information content (AvgIpc) is 3.18. The van der Waals surface area contributed by atoms with Gasteiger partial charge in [0, 0.05) is 24.4 Å². The Morgan fingerprint density at radius 2 is 2.11 bits per heavy atom. The molecule has 1 aliphatic heterocycles. The first-order valence-corrected chi connectivity index (χ1v) is 8.73. The molecule has 0 unspecified atom stereocenters. The van der Waals surface area contributed by atoms with Crippen LogP contribution in [0.1, 0.15) is 25.0 Å². The van der Waals surface area contributed by atoms with Crippen LogP contribution in [0.15, 0.2) is 43.0 Å². The zero-order valence-electron chi connectivity index (χ0n) is 14.6. The summed E-state index contributed by atoms with van der Waals surface area (Å²) >= 11 is 0. The number of rotatable bonds is 5. The summed E-state index contributed by atoms with van der Waals surface area (Å²) in [5.74, 6) is 0.129. The summed E-state index contributed by atoms with van der Waals surface area (Å²) in [6.45, 7) is 0.866. The Balaban J connectivity index is 1.38. The van der Waals surface area contributed by atoms with Crippen molar-refractivity contribution in [3.8, 4) is 0 Å². The lowest BCUT2D eigenvalue weighted by molar-refractivity contribution is -0.0438. The molecule has 1 fully saturated rings. The number of carbonyl (C=O) groups is 1. The maximum atomic E-state index is 14.2. The molecule has 0 radical (unpaired) electrons. The Morgan fingerprint density at radius 1 is 1.30 bits per heavy atom. The zero-order chi connectivity index (χ0) is 18.7. The molecule has 1 saturated carbocycles. The predicted octanol–water partition coefficient (Wildman–Crippen LogP) is 2.84. The van der Waals surface area contributed by atoms with Crippen molar-refractivity contribution >= 4 is 17.7 Å². The molecule has 27 heavy (non-hydrogen) atoms. The van der Waals surface area contributed by atoms with E-state index in [1.54, 1.807) is 24.5 Å². The molecule has 0 atom stereocenters. The molecule has 140 valence electrons. The van der Waals surface area contributed by atoms with E-state index in [9.17, 15) is 9.18 Å². The van der Waals surface area contributed by atoms with Gasteiger partial charge in [-0.1, -0.05) is 6.42 Å². The maximum absolute atomic E-state index is 14.2. The topological polar surface area (TPSA) is 92.3 Å². The van der Waals surface area contributed by atoms with Crippen molar-refractivity contribution in [2.45, 2.75) is 24.7 Å². The van der Waals surface area contributed by atoms with Crippen LogP contribution in [0.25, 0.3) is 0 Å². The molecule has 2 amide bonds. The van der Waals surface area contributed by atoms with Crippen molar-refractivity contribution in [1.82, 2.24) is 20.0 Å². The van der Waals surface area contributed by atoms with Crippen LogP contribution in [0.5, 0.6) is 0 Å². The lowest BCUT2D eigenvalue weighted by Crippen LogP contribution is -2.42. The third-order valence-corrected chi connectivity index (χ3v) is 4.81. The second-order valence-electron chi connectivity index (χ2n) is 6.55. The Labute approximate surface area is 155 Å². The first-order valence-electron chi connectivity index (χ1n) is 8.73. The van der Waals surface area contributed by atoms with Gasteiger partial charge in [0.15, 0.2) is 0 Å². The van der Waals surface area contributed by atoms with Crippen LogP contribution >= 0.6 is 0 Å². The second kappa shape index (κ2) is 7.28. The number of hydroxylamine groups is 2. The van der Waals surface area contributed by atoms with Crippen LogP contribution < -0.4 is 10.6 Å². The SMILES string of the molecule is O=C(Nc1cnc(NCC2(c3ncccc3F)CCC2)nc1)N1C=CCO1. The van der Waals surface area contributed by atoms with Crippen LogP contribution in [0.3, 0.4) is 0 Å². The van der Waals surface area contributed by atoms with E-state index in [2.05, 4.69) is 25.6 Å². The molecule has 3 heterocycles. The summed E-state index contributed by atoms with van der Waals surface area (Å²) in [5, 5.41) is 6.90. The number of hydrogen-bond donors (Lipinski definition) is 2. The van der Waals surface area contributed by atoms with E-state index in [1.807, 2.05) is 0 Å². The van der Waals surface area contributed by atoms with Gasteiger partial charge in [0.1, 0.15) is 5.82 Å². The van der Waals surface area contributed by atoms with Crippen molar-refractivity contribution in [2.24, 2.45) is 0 Å². The number of nitrogens with zero attached hydrogens (tertiary/aromatic N) is 4. The number of carbonyl (C=O) groups excluding carboxylic acids is 1. The summed E-state index contributed by atoms with van der Waals surface area (Å²) in [7, 11) is 0. The van der Waals surface area contributed by atoms with Gasteiger partial charge >= 0.3 is 6.03 Å². The standard InChI is InChI=1S/C18H19FN6O2/c19-14-4-1-7-20-15(14)18(5-2-6-18)12-23-16-21-10-13(11-22-16)24-17(26)25-8-3-9-27-25/h1,3-4,7-8,10-11H,2,5-6,9,12H2,(H,24,26)(H,21,22,23). The number of nitrogens with one attached hydrogen (secondary N) is 2. The fraction of sp³-hybridized carbons (Fsp3) is 0.333. The van der Waals surface area contributed by atoms with Crippen LogP contribution in [0.2, 0.25) is 0 Å². The van der Waals surface area contributed by atoms with Gasteiger partial charge in [0.2, 0.25) is 5.95 Å². The molecular formula is C18H19FN6O2. The van der Waals surface area contributed by atoms with Crippen LogP contribution in [0, 0.1) is 5.82 Å². The molecule has 0 aromatic carbocycles. The Morgan fingerprint density at radius 3 is 2.74 bits per heavy atom. The first kappa shape index (κ1) is 17.3. The highest BCUT2D eigenvalue weighted by Crippen LogP contribution is 2.43. The fourth-order valence-corrected chi connectivity index (χ4v) is 3.22. The van der Waals surface area contributed by atoms with E-state index < -0.39 is 6.03 Å². The Kier molecular flexibility index (Phi) is 4.68. The van der Waals surface area contributed by atoms with E-state index in [0.717, 1.165) is 24.3 Å². The van der Waals surface area contributed by atoms with Gasteiger partial charge in [-0.2, -0.15) is 5.06 Å². The largest absolute Gasteiger partial charge is 0.353 e. The molecule has 4 rings (SSSR count). The lowest BCUT2D eigenvalue weighted by Gasteiger charge is -2.41.